The van der Waals surface area contributed by atoms with E-state index in [-0.39, 0.29) is 0 Å². The van der Waals surface area contributed by atoms with Gasteiger partial charge in [-0.25, -0.2) is 0 Å². The Morgan fingerprint density at radius 1 is 1.20 bits per heavy atom. The maximum absolute atomic E-state index is 3.39. The van der Waals surface area contributed by atoms with E-state index in [2.05, 4.69) is 49.3 Å². The molecule has 2 rings (SSSR count). The van der Waals surface area contributed by atoms with Gasteiger partial charge in [-0.15, -0.1) is 0 Å². The van der Waals surface area contributed by atoms with Crippen molar-refractivity contribution >= 4 is 5.69 Å². The number of anilines is 1. The van der Waals surface area contributed by atoms with Gasteiger partial charge in [-0.3, -0.25) is 0 Å². The fourth-order valence-electron chi connectivity index (χ4n) is 3.38. The van der Waals surface area contributed by atoms with Crippen LogP contribution in [0.4, 0.5) is 5.69 Å². The van der Waals surface area contributed by atoms with E-state index < -0.39 is 0 Å². The molecule has 112 valence electrons. The molecule has 0 unspecified atom stereocenters. The van der Waals surface area contributed by atoms with Crippen LogP contribution >= 0.6 is 0 Å². The zero-order valence-electron chi connectivity index (χ0n) is 13.4. The van der Waals surface area contributed by atoms with Crippen molar-refractivity contribution < 1.29 is 0 Å². The zero-order valence-corrected chi connectivity index (χ0v) is 13.4. The molecule has 0 amide bonds. The summed E-state index contributed by atoms with van der Waals surface area (Å²) < 4.78 is 0. The van der Waals surface area contributed by atoms with Crippen LogP contribution in [0.2, 0.25) is 0 Å². The van der Waals surface area contributed by atoms with Gasteiger partial charge in [-0.2, -0.15) is 0 Å². The highest BCUT2D eigenvalue weighted by molar-refractivity contribution is 5.54. The highest BCUT2D eigenvalue weighted by atomic mass is 15.1. The zero-order chi connectivity index (χ0) is 14.4. The Bertz CT molecular complexity index is 408. The second-order valence-corrected chi connectivity index (χ2v) is 6.29. The lowest BCUT2D eigenvalue weighted by molar-refractivity contribution is 0.362. The molecule has 1 aromatic rings. The average Bonchev–Trinajstić information content (AvgIpc) is 2.46. The molecule has 0 radical (unpaired) electrons. The first-order valence-electron chi connectivity index (χ1n) is 8.22. The maximum Gasteiger partial charge on any atom is 0.0393 e. The minimum atomic E-state index is 0.898. The van der Waals surface area contributed by atoms with Gasteiger partial charge in [0.2, 0.25) is 0 Å². The van der Waals surface area contributed by atoms with Crippen LogP contribution in [-0.2, 0) is 6.54 Å². The highest BCUT2D eigenvalue weighted by Gasteiger charge is 2.16. The van der Waals surface area contributed by atoms with Gasteiger partial charge in [0.15, 0.2) is 0 Å². The summed E-state index contributed by atoms with van der Waals surface area (Å²) in [5, 5.41) is 3.39. The first kappa shape index (κ1) is 15.4. The third-order valence-corrected chi connectivity index (χ3v) is 4.51. The van der Waals surface area contributed by atoms with Crippen LogP contribution in [0.15, 0.2) is 18.2 Å². The van der Waals surface area contributed by atoms with Crippen LogP contribution in [0.25, 0.3) is 0 Å². The van der Waals surface area contributed by atoms with Gasteiger partial charge in [0.05, 0.1) is 0 Å². The summed E-state index contributed by atoms with van der Waals surface area (Å²) in [6, 6.07) is 6.89. The maximum atomic E-state index is 3.39. The Labute approximate surface area is 124 Å². The quantitative estimate of drug-likeness (QED) is 0.839. The van der Waals surface area contributed by atoms with E-state index >= 15 is 0 Å². The molecular formula is C18H30N2. The van der Waals surface area contributed by atoms with Gasteiger partial charge in [0, 0.05) is 25.8 Å². The summed E-state index contributed by atoms with van der Waals surface area (Å²) >= 11 is 0. The van der Waals surface area contributed by atoms with Crippen molar-refractivity contribution in [2.45, 2.75) is 52.5 Å². The number of nitrogens with zero attached hydrogens (tertiary/aromatic N) is 1. The van der Waals surface area contributed by atoms with Crippen molar-refractivity contribution in [3.8, 4) is 0 Å². The van der Waals surface area contributed by atoms with Crippen molar-refractivity contribution in [1.82, 2.24) is 5.32 Å². The van der Waals surface area contributed by atoms with E-state index in [9.17, 15) is 0 Å². The van der Waals surface area contributed by atoms with Crippen LogP contribution in [0.5, 0.6) is 0 Å². The van der Waals surface area contributed by atoms with Crippen LogP contribution in [0.3, 0.4) is 0 Å². The molecule has 1 N–H and O–H groups in total. The summed E-state index contributed by atoms with van der Waals surface area (Å²) in [5.41, 5.74) is 4.19. The molecule has 1 aliphatic carbocycles. The highest BCUT2D eigenvalue weighted by Crippen LogP contribution is 2.27. The normalized spacial score (nSPS) is 16.4. The van der Waals surface area contributed by atoms with Crippen LogP contribution in [-0.4, -0.2) is 20.1 Å². The lowest BCUT2D eigenvalue weighted by Crippen LogP contribution is -2.27. The summed E-state index contributed by atoms with van der Waals surface area (Å²) in [6.45, 7) is 7.61. The molecule has 0 spiro atoms. The van der Waals surface area contributed by atoms with Crippen molar-refractivity contribution in [3.05, 3.63) is 29.3 Å². The number of hydrogen-bond acceptors (Lipinski definition) is 2. The molecule has 1 saturated carbocycles. The molecule has 0 bridgehead atoms. The summed E-state index contributed by atoms with van der Waals surface area (Å²) in [4.78, 5) is 2.46. The number of rotatable bonds is 6. The fourth-order valence-corrected chi connectivity index (χ4v) is 3.38. The van der Waals surface area contributed by atoms with Crippen molar-refractivity contribution in [2.24, 2.45) is 5.92 Å². The third kappa shape index (κ3) is 4.24. The molecule has 20 heavy (non-hydrogen) atoms. The Hall–Kier alpha value is -1.02. The summed E-state index contributed by atoms with van der Waals surface area (Å²) in [7, 11) is 2.25. The first-order chi connectivity index (χ1) is 9.70. The lowest BCUT2D eigenvalue weighted by Gasteiger charge is -2.29. The van der Waals surface area contributed by atoms with Gasteiger partial charge in [-0.05, 0) is 49.4 Å². The summed E-state index contributed by atoms with van der Waals surface area (Å²) in [5.74, 6) is 0.898. The van der Waals surface area contributed by atoms with Crippen molar-refractivity contribution in [2.75, 3.05) is 25.0 Å². The number of nitrogens with one attached hydrogen (secondary N) is 1. The molecule has 2 nitrogen and oxygen atoms in total. The van der Waals surface area contributed by atoms with Crippen LogP contribution in [0, 0.1) is 12.8 Å². The lowest BCUT2D eigenvalue weighted by atomic mass is 9.89. The second-order valence-electron chi connectivity index (χ2n) is 6.29. The van der Waals surface area contributed by atoms with E-state index in [0.717, 1.165) is 19.0 Å². The van der Waals surface area contributed by atoms with E-state index in [0.29, 0.717) is 0 Å². The molecule has 1 fully saturated rings. The topological polar surface area (TPSA) is 15.3 Å². The SMILES string of the molecule is CCNCc1ccc(N(C)CC2CCCCC2)c(C)c1. The van der Waals surface area contributed by atoms with Crippen LogP contribution < -0.4 is 10.2 Å². The Balaban J connectivity index is 1.96. The van der Waals surface area contributed by atoms with E-state index in [4.69, 9.17) is 0 Å². The van der Waals surface area contributed by atoms with Crippen LogP contribution in [0.1, 0.15) is 50.2 Å². The molecule has 0 atom stereocenters. The van der Waals surface area contributed by atoms with E-state index in [1.807, 2.05) is 0 Å². The van der Waals surface area contributed by atoms with Gasteiger partial charge < -0.3 is 10.2 Å². The van der Waals surface area contributed by atoms with E-state index in [1.54, 1.807) is 0 Å². The molecule has 0 saturated heterocycles. The van der Waals surface area contributed by atoms with Gasteiger partial charge in [-0.1, -0.05) is 38.3 Å². The first-order valence-corrected chi connectivity index (χ1v) is 8.22. The molecular weight excluding hydrogens is 244 g/mol. The Morgan fingerprint density at radius 3 is 2.60 bits per heavy atom. The number of benzene rings is 1. The second kappa shape index (κ2) is 7.68. The number of aryl methyl sites for hydroxylation is 1. The molecule has 1 aliphatic rings. The smallest absolute Gasteiger partial charge is 0.0393 e. The molecule has 2 heteroatoms. The largest absolute Gasteiger partial charge is 0.374 e. The molecule has 0 aliphatic heterocycles. The monoisotopic (exact) mass is 274 g/mol. The number of hydrogen-bond donors (Lipinski definition) is 1. The molecule has 1 aromatic carbocycles. The molecule has 0 heterocycles. The van der Waals surface area contributed by atoms with E-state index in [1.165, 1.54) is 55.5 Å². The fraction of sp³-hybridized carbons (Fsp3) is 0.667. The standard InChI is InChI=1S/C18H30N2/c1-4-19-13-17-10-11-18(15(2)12-17)20(3)14-16-8-6-5-7-9-16/h10-12,16,19H,4-9,13-14H2,1-3H3. The van der Waals surface area contributed by atoms with Crippen molar-refractivity contribution in [3.63, 3.8) is 0 Å². The van der Waals surface area contributed by atoms with Gasteiger partial charge in [0.25, 0.3) is 0 Å². The third-order valence-electron chi connectivity index (χ3n) is 4.51. The van der Waals surface area contributed by atoms with Gasteiger partial charge in [0.1, 0.15) is 0 Å². The predicted octanol–water partition coefficient (Wildman–Crippen LogP) is 4.12. The predicted molar refractivity (Wildman–Crippen MR) is 88.4 cm³/mol. The Morgan fingerprint density at radius 2 is 1.95 bits per heavy atom. The Kier molecular flexibility index (Phi) is 5.90. The minimum Gasteiger partial charge on any atom is -0.374 e. The minimum absolute atomic E-state index is 0.898. The summed E-state index contributed by atoms with van der Waals surface area (Å²) in [6.07, 6.45) is 7.14. The average molecular weight is 274 g/mol. The van der Waals surface area contributed by atoms with Crippen molar-refractivity contribution in [1.29, 1.82) is 0 Å². The van der Waals surface area contributed by atoms with Gasteiger partial charge >= 0.3 is 0 Å². The molecule has 0 aromatic heterocycles.